The lowest BCUT2D eigenvalue weighted by Crippen LogP contribution is -2.34. The molecule has 30 heavy (non-hydrogen) atoms. The van der Waals surface area contributed by atoms with Gasteiger partial charge in [0.05, 0.1) is 5.56 Å². The molecule has 0 aliphatic carbocycles. The number of pyridine rings is 1. The highest BCUT2D eigenvalue weighted by Gasteiger charge is 2.11. The van der Waals surface area contributed by atoms with Crippen molar-refractivity contribution < 1.29 is 14.4 Å². The number of carbonyl (C=O) groups is 3. The lowest BCUT2D eigenvalue weighted by Gasteiger charge is -2.09. The molecule has 0 saturated heterocycles. The van der Waals surface area contributed by atoms with Crippen molar-refractivity contribution >= 4 is 35.0 Å². The van der Waals surface area contributed by atoms with Crippen LogP contribution in [0.4, 0.5) is 5.69 Å². The lowest BCUT2D eigenvalue weighted by molar-refractivity contribution is 0.0927. The van der Waals surface area contributed by atoms with Gasteiger partial charge in [-0.25, -0.2) is 4.98 Å². The smallest absolute Gasteiger partial charge is 0.258 e. The van der Waals surface area contributed by atoms with Crippen LogP contribution in [0.25, 0.3) is 0 Å². The lowest BCUT2D eigenvalue weighted by atomic mass is 10.2. The number of amides is 3. The Balaban J connectivity index is 1.46. The average Bonchev–Trinajstić information content (AvgIpc) is 2.77. The van der Waals surface area contributed by atoms with Crippen LogP contribution in [0, 0.1) is 0 Å². The fourth-order valence-corrected chi connectivity index (χ4v) is 2.81. The van der Waals surface area contributed by atoms with Crippen molar-refractivity contribution in [1.82, 2.24) is 15.6 Å². The first-order valence-corrected chi connectivity index (χ1v) is 9.56. The zero-order valence-corrected chi connectivity index (χ0v) is 16.6. The Labute approximate surface area is 178 Å². The molecule has 1 heterocycles. The van der Waals surface area contributed by atoms with Gasteiger partial charge in [0, 0.05) is 36.1 Å². The van der Waals surface area contributed by atoms with E-state index in [1.54, 1.807) is 60.7 Å². The Morgan fingerprint density at radius 1 is 0.733 bits per heavy atom. The summed E-state index contributed by atoms with van der Waals surface area (Å²) in [6, 6.07) is 18.5. The van der Waals surface area contributed by atoms with Crippen LogP contribution in [0.2, 0.25) is 5.15 Å². The van der Waals surface area contributed by atoms with Crippen molar-refractivity contribution in [3.05, 3.63) is 94.8 Å². The molecular formula is C22H19ClN4O3. The van der Waals surface area contributed by atoms with Gasteiger partial charge >= 0.3 is 0 Å². The van der Waals surface area contributed by atoms with Crippen molar-refractivity contribution in [2.45, 2.75) is 0 Å². The SMILES string of the molecule is O=C(NCCNC(=O)c1ccc(NC(=O)c2cccnc2Cl)cc1)c1ccccc1. The first kappa shape index (κ1) is 21.0. The van der Waals surface area contributed by atoms with Gasteiger partial charge in [-0.1, -0.05) is 29.8 Å². The summed E-state index contributed by atoms with van der Waals surface area (Å²) >= 11 is 5.92. The van der Waals surface area contributed by atoms with Crippen LogP contribution >= 0.6 is 11.6 Å². The van der Waals surface area contributed by atoms with Gasteiger partial charge in [0.15, 0.2) is 0 Å². The molecule has 3 amide bonds. The molecule has 3 aromatic rings. The standard InChI is InChI=1S/C22H19ClN4O3/c23-19-18(7-4-12-24-19)22(30)27-17-10-8-16(9-11-17)21(29)26-14-13-25-20(28)15-5-2-1-3-6-15/h1-12H,13-14H2,(H,25,28)(H,26,29)(H,27,30). The summed E-state index contributed by atoms with van der Waals surface area (Å²) in [5, 5.41) is 8.29. The number of nitrogens with one attached hydrogen (secondary N) is 3. The van der Waals surface area contributed by atoms with Crippen molar-refractivity contribution in [2.24, 2.45) is 0 Å². The summed E-state index contributed by atoms with van der Waals surface area (Å²) in [7, 11) is 0. The van der Waals surface area contributed by atoms with E-state index in [1.165, 1.54) is 6.20 Å². The van der Waals surface area contributed by atoms with E-state index in [4.69, 9.17) is 11.6 Å². The van der Waals surface area contributed by atoms with Crippen molar-refractivity contribution in [1.29, 1.82) is 0 Å². The quantitative estimate of drug-likeness (QED) is 0.402. The monoisotopic (exact) mass is 422 g/mol. The summed E-state index contributed by atoms with van der Waals surface area (Å²) in [6.07, 6.45) is 1.50. The number of benzene rings is 2. The van der Waals surface area contributed by atoms with Gasteiger partial charge in [-0.3, -0.25) is 14.4 Å². The number of halogens is 1. The van der Waals surface area contributed by atoms with Crippen molar-refractivity contribution in [3.63, 3.8) is 0 Å². The fraction of sp³-hybridized carbons (Fsp3) is 0.0909. The van der Waals surface area contributed by atoms with E-state index in [-0.39, 0.29) is 35.0 Å². The highest BCUT2D eigenvalue weighted by atomic mass is 35.5. The molecule has 0 radical (unpaired) electrons. The zero-order valence-electron chi connectivity index (χ0n) is 15.9. The normalized spacial score (nSPS) is 10.2. The second-order valence-electron chi connectivity index (χ2n) is 6.25. The number of hydrogen-bond acceptors (Lipinski definition) is 4. The average molecular weight is 423 g/mol. The second-order valence-corrected chi connectivity index (χ2v) is 6.61. The minimum absolute atomic E-state index is 0.116. The van der Waals surface area contributed by atoms with Gasteiger partial charge in [-0.2, -0.15) is 0 Å². The summed E-state index contributed by atoms with van der Waals surface area (Å²) in [5.74, 6) is -0.865. The van der Waals surface area contributed by atoms with Gasteiger partial charge < -0.3 is 16.0 Å². The third-order valence-corrected chi connectivity index (χ3v) is 4.44. The maximum Gasteiger partial charge on any atom is 0.258 e. The van der Waals surface area contributed by atoms with Crippen LogP contribution in [0.3, 0.4) is 0 Å². The summed E-state index contributed by atoms with van der Waals surface area (Å²) in [6.45, 7) is 0.592. The Hall–Kier alpha value is -3.71. The maximum absolute atomic E-state index is 12.2. The van der Waals surface area contributed by atoms with E-state index in [9.17, 15) is 14.4 Å². The summed E-state index contributed by atoms with van der Waals surface area (Å²) in [4.78, 5) is 40.3. The number of hydrogen-bond donors (Lipinski definition) is 3. The molecule has 3 rings (SSSR count). The van der Waals surface area contributed by atoms with Gasteiger partial charge in [-0.15, -0.1) is 0 Å². The molecule has 0 aliphatic heterocycles. The van der Waals surface area contributed by atoms with E-state index >= 15 is 0 Å². The predicted octanol–water partition coefficient (Wildman–Crippen LogP) is 3.15. The molecule has 0 spiro atoms. The topological polar surface area (TPSA) is 100 Å². The van der Waals surface area contributed by atoms with Crippen LogP contribution < -0.4 is 16.0 Å². The van der Waals surface area contributed by atoms with E-state index in [0.717, 1.165) is 0 Å². The Kier molecular flexibility index (Phi) is 7.13. The first-order valence-electron chi connectivity index (χ1n) is 9.18. The molecule has 7 nitrogen and oxygen atoms in total. The largest absolute Gasteiger partial charge is 0.350 e. The van der Waals surface area contributed by atoms with Crippen molar-refractivity contribution in [3.8, 4) is 0 Å². The third kappa shape index (κ3) is 5.65. The van der Waals surface area contributed by atoms with Crippen LogP contribution in [0.15, 0.2) is 72.9 Å². The fourth-order valence-electron chi connectivity index (χ4n) is 2.60. The Morgan fingerprint density at radius 3 is 1.93 bits per heavy atom. The molecule has 0 unspecified atom stereocenters. The molecule has 0 saturated carbocycles. The van der Waals surface area contributed by atoms with E-state index < -0.39 is 0 Å². The zero-order chi connectivity index (χ0) is 21.3. The van der Waals surface area contributed by atoms with Crippen LogP contribution in [-0.4, -0.2) is 35.8 Å². The number of aromatic nitrogens is 1. The Morgan fingerprint density at radius 2 is 1.33 bits per heavy atom. The van der Waals surface area contributed by atoms with Crippen LogP contribution in [0.1, 0.15) is 31.1 Å². The van der Waals surface area contributed by atoms with Gasteiger partial charge in [-0.05, 0) is 48.5 Å². The predicted molar refractivity (Wildman–Crippen MR) is 115 cm³/mol. The molecule has 0 aliphatic rings. The van der Waals surface area contributed by atoms with E-state index in [1.807, 2.05) is 6.07 Å². The maximum atomic E-state index is 12.2. The second kappa shape index (κ2) is 10.2. The minimum atomic E-state index is -0.389. The molecule has 0 fully saturated rings. The molecule has 3 N–H and O–H groups in total. The molecule has 0 bridgehead atoms. The molecular weight excluding hydrogens is 404 g/mol. The number of carbonyl (C=O) groups excluding carboxylic acids is 3. The number of anilines is 1. The highest BCUT2D eigenvalue weighted by molar-refractivity contribution is 6.33. The van der Waals surface area contributed by atoms with Gasteiger partial charge in [0.25, 0.3) is 17.7 Å². The van der Waals surface area contributed by atoms with Gasteiger partial charge in [0.1, 0.15) is 5.15 Å². The third-order valence-electron chi connectivity index (χ3n) is 4.14. The van der Waals surface area contributed by atoms with Gasteiger partial charge in [0.2, 0.25) is 0 Å². The molecule has 2 aromatic carbocycles. The first-order chi connectivity index (χ1) is 14.5. The molecule has 0 atom stereocenters. The summed E-state index contributed by atoms with van der Waals surface area (Å²) in [5.41, 5.74) is 1.78. The van der Waals surface area contributed by atoms with Crippen LogP contribution in [0.5, 0.6) is 0 Å². The van der Waals surface area contributed by atoms with Crippen molar-refractivity contribution in [2.75, 3.05) is 18.4 Å². The molecule has 152 valence electrons. The van der Waals surface area contributed by atoms with Crippen LogP contribution in [-0.2, 0) is 0 Å². The highest BCUT2D eigenvalue weighted by Crippen LogP contribution is 2.15. The molecule has 8 heteroatoms. The number of nitrogens with zero attached hydrogens (tertiary/aromatic N) is 1. The molecule has 1 aromatic heterocycles. The summed E-state index contributed by atoms with van der Waals surface area (Å²) < 4.78 is 0. The van der Waals surface area contributed by atoms with E-state index in [0.29, 0.717) is 23.4 Å². The number of rotatable bonds is 7. The Bertz CT molecular complexity index is 1040. The minimum Gasteiger partial charge on any atom is -0.350 e. The van der Waals surface area contributed by atoms with E-state index in [2.05, 4.69) is 20.9 Å².